The van der Waals surface area contributed by atoms with Gasteiger partial charge in [-0.05, 0) is 90.7 Å². The number of rotatable bonds is 7. The minimum Gasteiger partial charge on any atom is -0.497 e. The Morgan fingerprint density at radius 1 is 1.08 bits per heavy atom. The Balaban J connectivity index is 1.29. The number of ether oxygens (including phenoxy) is 1. The molecule has 0 radical (unpaired) electrons. The van der Waals surface area contributed by atoms with E-state index in [0.29, 0.717) is 34.3 Å². The molecule has 198 valence electrons. The van der Waals surface area contributed by atoms with Crippen molar-refractivity contribution in [3.63, 3.8) is 0 Å². The van der Waals surface area contributed by atoms with Gasteiger partial charge in [0.25, 0.3) is 5.91 Å². The van der Waals surface area contributed by atoms with Gasteiger partial charge in [-0.1, -0.05) is 24.3 Å². The Morgan fingerprint density at radius 2 is 1.87 bits per heavy atom. The number of halogens is 1. The van der Waals surface area contributed by atoms with Gasteiger partial charge in [-0.15, -0.1) is 0 Å². The summed E-state index contributed by atoms with van der Waals surface area (Å²) in [6, 6.07) is 20.8. The summed E-state index contributed by atoms with van der Waals surface area (Å²) in [6.07, 6.45) is 6.60. The van der Waals surface area contributed by atoms with Gasteiger partial charge >= 0.3 is 0 Å². The van der Waals surface area contributed by atoms with Gasteiger partial charge in [-0.3, -0.25) is 9.69 Å². The summed E-state index contributed by atoms with van der Waals surface area (Å²) < 4.78 is 20.2. The molecule has 6 rings (SSSR count). The maximum Gasteiger partial charge on any atom is 0.266 e. The molecule has 2 aliphatic heterocycles. The van der Waals surface area contributed by atoms with Crippen molar-refractivity contribution < 1.29 is 13.9 Å². The third kappa shape index (κ3) is 5.29. The van der Waals surface area contributed by atoms with Crippen molar-refractivity contribution in [1.82, 2.24) is 9.88 Å². The molecule has 0 spiro atoms. The van der Waals surface area contributed by atoms with Crippen LogP contribution in [0.1, 0.15) is 24.0 Å². The third-order valence-electron chi connectivity index (χ3n) is 7.18. The van der Waals surface area contributed by atoms with Crippen LogP contribution in [0.3, 0.4) is 0 Å². The molecule has 2 aliphatic rings. The van der Waals surface area contributed by atoms with Gasteiger partial charge in [0.15, 0.2) is 5.17 Å². The second-order valence-corrected chi connectivity index (χ2v) is 10.7. The first-order valence-corrected chi connectivity index (χ1v) is 13.9. The second-order valence-electron chi connectivity index (χ2n) is 9.67. The SMILES string of the molecule is COc1ccc(N=C2S/C(=C/c3ccc(N4CCCC4)c(F)c3)C(=O)N2CCc2c[nH]c3ccccc23)cc1. The lowest BCUT2D eigenvalue weighted by Crippen LogP contribution is -2.31. The van der Waals surface area contributed by atoms with E-state index in [4.69, 9.17) is 9.73 Å². The summed E-state index contributed by atoms with van der Waals surface area (Å²) in [5, 5.41) is 1.75. The van der Waals surface area contributed by atoms with Gasteiger partial charge in [0.05, 0.1) is 23.4 Å². The van der Waals surface area contributed by atoms with Crippen LogP contribution in [0.2, 0.25) is 0 Å². The van der Waals surface area contributed by atoms with E-state index in [9.17, 15) is 9.18 Å². The fourth-order valence-electron chi connectivity index (χ4n) is 5.11. The lowest BCUT2D eigenvalue weighted by atomic mass is 10.1. The highest BCUT2D eigenvalue weighted by Gasteiger charge is 2.33. The van der Waals surface area contributed by atoms with Crippen LogP contribution in [0.5, 0.6) is 5.75 Å². The number of thioether (sulfide) groups is 1. The zero-order chi connectivity index (χ0) is 26.8. The summed E-state index contributed by atoms with van der Waals surface area (Å²) in [6.45, 7) is 2.23. The van der Waals surface area contributed by atoms with Crippen LogP contribution in [0, 0.1) is 5.82 Å². The van der Waals surface area contributed by atoms with Crippen molar-refractivity contribution in [2.45, 2.75) is 19.3 Å². The van der Waals surface area contributed by atoms with Crippen LogP contribution in [-0.4, -0.2) is 47.7 Å². The quantitative estimate of drug-likeness (QED) is 0.263. The number of methoxy groups -OCH3 is 1. The second kappa shape index (κ2) is 11.0. The number of nitrogens with one attached hydrogen (secondary N) is 1. The molecule has 1 amide bonds. The summed E-state index contributed by atoms with van der Waals surface area (Å²) in [7, 11) is 1.62. The van der Waals surface area contributed by atoms with Gasteiger partial charge in [-0.2, -0.15) is 0 Å². The number of aromatic amines is 1. The Labute approximate surface area is 231 Å². The zero-order valence-corrected chi connectivity index (χ0v) is 22.5. The number of H-pyrrole nitrogens is 1. The zero-order valence-electron chi connectivity index (χ0n) is 21.7. The molecule has 0 unspecified atom stereocenters. The number of aromatic nitrogens is 1. The van der Waals surface area contributed by atoms with Crippen LogP contribution in [0.15, 0.2) is 82.8 Å². The molecule has 6 nitrogen and oxygen atoms in total. The van der Waals surface area contributed by atoms with E-state index in [1.54, 1.807) is 18.1 Å². The summed E-state index contributed by atoms with van der Waals surface area (Å²) in [5.74, 6) is 0.353. The predicted octanol–water partition coefficient (Wildman–Crippen LogP) is 6.76. The Hall–Kier alpha value is -4.04. The van der Waals surface area contributed by atoms with Gasteiger partial charge in [0, 0.05) is 36.7 Å². The van der Waals surface area contributed by atoms with Crippen LogP contribution < -0.4 is 9.64 Å². The van der Waals surface area contributed by atoms with E-state index in [1.807, 2.05) is 60.8 Å². The minimum absolute atomic E-state index is 0.129. The number of hydrogen-bond donors (Lipinski definition) is 1. The standard InChI is InChI=1S/C31H29FN4O2S/c1-38-24-11-9-23(10-12-24)34-31-36(17-14-22-20-33-27-7-3-2-6-25(22)27)30(37)29(39-31)19-21-8-13-28(26(32)18-21)35-15-4-5-16-35/h2-3,6-13,18-20,33H,4-5,14-17H2,1H3/b29-19+,34-31?. The van der Waals surface area contributed by atoms with E-state index >= 15 is 0 Å². The molecular weight excluding hydrogens is 511 g/mol. The number of hydrogen-bond acceptors (Lipinski definition) is 5. The molecule has 0 aliphatic carbocycles. The van der Waals surface area contributed by atoms with E-state index in [1.165, 1.54) is 17.8 Å². The average molecular weight is 541 g/mol. The van der Waals surface area contributed by atoms with Gasteiger partial charge in [0.1, 0.15) is 11.6 Å². The molecular formula is C31H29FN4O2S. The third-order valence-corrected chi connectivity index (χ3v) is 8.19. The normalized spacial score (nSPS) is 17.7. The van der Waals surface area contributed by atoms with E-state index in [0.717, 1.165) is 53.8 Å². The molecule has 3 aromatic carbocycles. The minimum atomic E-state index is -0.259. The number of amidine groups is 1. The van der Waals surface area contributed by atoms with Crippen molar-refractivity contribution >= 4 is 51.2 Å². The molecule has 4 aromatic rings. The predicted molar refractivity (Wildman–Crippen MR) is 157 cm³/mol. The smallest absolute Gasteiger partial charge is 0.266 e. The topological polar surface area (TPSA) is 60.9 Å². The Morgan fingerprint density at radius 3 is 2.64 bits per heavy atom. The first-order valence-electron chi connectivity index (χ1n) is 13.1. The number of carbonyl (C=O) groups is 1. The van der Waals surface area contributed by atoms with Gasteiger partial charge < -0.3 is 14.6 Å². The van der Waals surface area contributed by atoms with Crippen LogP contribution in [-0.2, 0) is 11.2 Å². The van der Waals surface area contributed by atoms with Crippen molar-refractivity contribution in [1.29, 1.82) is 0 Å². The van der Waals surface area contributed by atoms with E-state index in [-0.39, 0.29) is 11.7 Å². The number of para-hydroxylation sites is 1. The summed E-state index contributed by atoms with van der Waals surface area (Å²) in [4.78, 5) is 26.1. The molecule has 1 N–H and O–H groups in total. The summed E-state index contributed by atoms with van der Waals surface area (Å²) >= 11 is 1.32. The number of amides is 1. The highest BCUT2D eigenvalue weighted by molar-refractivity contribution is 8.18. The number of aliphatic imine (C=N–C) groups is 1. The van der Waals surface area contributed by atoms with E-state index < -0.39 is 0 Å². The van der Waals surface area contributed by atoms with Crippen molar-refractivity contribution in [2.75, 3.05) is 31.6 Å². The molecule has 39 heavy (non-hydrogen) atoms. The monoisotopic (exact) mass is 540 g/mol. The molecule has 3 heterocycles. The highest BCUT2D eigenvalue weighted by Crippen LogP contribution is 2.35. The first-order chi connectivity index (χ1) is 19.1. The molecule has 2 fully saturated rings. The number of carbonyl (C=O) groups excluding carboxylic acids is 1. The Kier molecular flexibility index (Phi) is 7.11. The molecule has 2 saturated heterocycles. The maximum absolute atomic E-state index is 15.0. The van der Waals surface area contributed by atoms with Crippen molar-refractivity contribution in [3.05, 3.63) is 94.8 Å². The lowest BCUT2D eigenvalue weighted by molar-refractivity contribution is -0.122. The molecule has 0 atom stereocenters. The maximum atomic E-state index is 15.0. The number of fused-ring (bicyclic) bond motifs is 1. The molecule has 0 saturated carbocycles. The van der Waals surface area contributed by atoms with E-state index in [2.05, 4.69) is 16.0 Å². The van der Waals surface area contributed by atoms with Gasteiger partial charge in [0.2, 0.25) is 0 Å². The van der Waals surface area contributed by atoms with Crippen molar-refractivity contribution in [2.24, 2.45) is 4.99 Å². The molecule has 8 heteroatoms. The van der Waals surface area contributed by atoms with Gasteiger partial charge in [-0.25, -0.2) is 9.38 Å². The lowest BCUT2D eigenvalue weighted by Gasteiger charge is -2.18. The molecule has 1 aromatic heterocycles. The number of anilines is 1. The Bertz CT molecular complexity index is 1570. The fourth-order valence-corrected chi connectivity index (χ4v) is 6.13. The number of nitrogens with zero attached hydrogens (tertiary/aromatic N) is 3. The highest BCUT2D eigenvalue weighted by atomic mass is 32.2. The molecule has 0 bridgehead atoms. The number of benzene rings is 3. The van der Waals surface area contributed by atoms with Crippen LogP contribution in [0.4, 0.5) is 15.8 Å². The largest absolute Gasteiger partial charge is 0.497 e. The fraction of sp³-hybridized carbons (Fsp3) is 0.226. The average Bonchev–Trinajstić information content (AvgIpc) is 3.69. The first kappa shape index (κ1) is 25.2. The summed E-state index contributed by atoms with van der Waals surface area (Å²) in [5.41, 5.74) is 4.23. The van der Waals surface area contributed by atoms with Crippen molar-refractivity contribution in [3.8, 4) is 5.75 Å². The van der Waals surface area contributed by atoms with Crippen LogP contribution >= 0.6 is 11.8 Å². The van der Waals surface area contributed by atoms with Crippen LogP contribution in [0.25, 0.3) is 17.0 Å².